The summed E-state index contributed by atoms with van der Waals surface area (Å²) < 4.78 is 19.0. The molecule has 3 rings (SSSR count). The molecule has 0 saturated heterocycles. The number of benzene rings is 2. The van der Waals surface area contributed by atoms with E-state index in [1.165, 1.54) is 12.1 Å². The van der Waals surface area contributed by atoms with Crippen LogP contribution in [0.25, 0.3) is 11.0 Å². The zero-order valence-corrected chi connectivity index (χ0v) is 12.1. The van der Waals surface area contributed by atoms with Gasteiger partial charge in [0, 0.05) is 10.8 Å². The third-order valence-electron chi connectivity index (χ3n) is 4.12. The van der Waals surface area contributed by atoms with Gasteiger partial charge in [0.25, 0.3) is 0 Å². The van der Waals surface area contributed by atoms with E-state index >= 15 is 0 Å². The monoisotopic (exact) mass is 283 g/mol. The molecule has 3 heteroatoms. The predicted octanol–water partition coefficient (Wildman–Crippen LogP) is 4.55. The number of rotatable bonds is 3. The fourth-order valence-corrected chi connectivity index (χ4v) is 2.57. The van der Waals surface area contributed by atoms with Crippen LogP contribution in [-0.4, -0.2) is 0 Å². The highest BCUT2D eigenvalue weighted by molar-refractivity contribution is 5.77. The summed E-state index contributed by atoms with van der Waals surface area (Å²) in [6.07, 6.45) is 0. The Morgan fingerprint density at radius 2 is 1.71 bits per heavy atom. The molecular weight excluding hydrogens is 265 g/mol. The van der Waals surface area contributed by atoms with Crippen LogP contribution in [0.2, 0.25) is 0 Å². The number of nitrogens with two attached hydrogens (primary N) is 1. The Labute approximate surface area is 123 Å². The summed E-state index contributed by atoms with van der Waals surface area (Å²) in [5.74, 6) is 0.498. The van der Waals surface area contributed by atoms with Crippen molar-refractivity contribution in [1.82, 2.24) is 0 Å². The second-order valence-electron chi connectivity index (χ2n) is 5.89. The zero-order chi connectivity index (χ0) is 15.0. The van der Waals surface area contributed by atoms with Gasteiger partial charge in [-0.2, -0.15) is 0 Å². The van der Waals surface area contributed by atoms with Crippen molar-refractivity contribution in [2.75, 3.05) is 0 Å². The van der Waals surface area contributed by atoms with Crippen LogP contribution in [0.1, 0.15) is 31.2 Å². The van der Waals surface area contributed by atoms with Crippen LogP contribution in [-0.2, 0) is 5.41 Å². The average Bonchev–Trinajstić information content (AvgIpc) is 2.90. The number of fused-ring (bicyclic) bond motifs is 1. The lowest BCUT2D eigenvalue weighted by Crippen LogP contribution is -2.32. The minimum absolute atomic E-state index is 0.244. The Morgan fingerprint density at radius 3 is 2.38 bits per heavy atom. The fourth-order valence-electron chi connectivity index (χ4n) is 2.57. The Morgan fingerprint density at radius 1 is 1.05 bits per heavy atom. The lowest BCUT2D eigenvalue weighted by Gasteiger charge is -2.30. The molecule has 1 heterocycles. The minimum Gasteiger partial charge on any atom is -0.459 e. The Kier molecular flexibility index (Phi) is 3.30. The molecule has 1 unspecified atom stereocenters. The smallest absolute Gasteiger partial charge is 0.134 e. The Balaban J connectivity index is 1.99. The molecule has 0 aliphatic carbocycles. The highest BCUT2D eigenvalue weighted by atomic mass is 19.1. The van der Waals surface area contributed by atoms with Gasteiger partial charge in [0.1, 0.15) is 17.2 Å². The maximum absolute atomic E-state index is 13.1. The molecule has 21 heavy (non-hydrogen) atoms. The van der Waals surface area contributed by atoms with Crippen molar-refractivity contribution in [3.05, 3.63) is 71.7 Å². The summed E-state index contributed by atoms with van der Waals surface area (Å²) in [4.78, 5) is 0. The van der Waals surface area contributed by atoms with Crippen molar-refractivity contribution in [3.8, 4) is 0 Å². The van der Waals surface area contributed by atoms with Gasteiger partial charge in [0.05, 0.1) is 6.04 Å². The van der Waals surface area contributed by atoms with Gasteiger partial charge in [0.15, 0.2) is 0 Å². The van der Waals surface area contributed by atoms with E-state index in [0.717, 1.165) is 22.3 Å². The highest BCUT2D eigenvalue weighted by Gasteiger charge is 2.32. The van der Waals surface area contributed by atoms with E-state index < -0.39 is 0 Å². The van der Waals surface area contributed by atoms with Crippen LogP contribution >= 0.6 is 0 Å². The van der Waals surface area contributed by atoms with Crippen molar-refractivity contribution in [2.45, 2.75) is 25.3 Å². The molecule has 0 aliphatic rings. The highest BCUT2D eigenvalue weighted by Crippen LogP contribution is 2.37. The van der Waals surface area contributed by atoms with Gasteiger partial charge in [-0.25, -0.2) is 4.39 Å². The van der Waals surface area contributed by atoms with Crippen LogP contribution in [0.4, 0.5) is 4.39 Å². The van der Waals surface area contributed by atoms with Crippen molar-refractivity contribution in [3.63, 3.8) is 0 Å². The first-order valence-electron chi connectivity index (χ1n) is 6.98. The topological polar surface area (TPSA) is 39.2 Å². The number of para-hydroxylation sites is 1. The molecule has 0 bridgehead atoms. The van der Waals surface area contributed by atoms with E-state index in [0.29, 0.717) is 0 Å². The molecule has 0 radical (unpaired) electrons. The van der Waals surface area contributed by atoms with Crippen LogP contribution in [0.5, 0.6) is 0 Å². The van der Waals surface area contributed by atoms with Crippen LogP contribution in [0.15, 0.2) is 59.0 Å². The summed E-state index contributed by atoms with van der Waals surface area (Å²) in [6.45, 7) is 4.08. The standard InChI is InChI=1S/C18H18FNO/c1-18(2,13-7-9-14(19)10-8-13)17(20)16-11-12-5-3-4-6-15(12)21-16/h3-11,17H,20H2,1-2H3. The van der Waals surface area contributed by atoms with E-state index in [2.05, 4.69) is 0 Å². The predicted molar refractivity (Wildman–Crippen MR) is 82.6 cm³/mol. The SMILES string of the molecule is CC(C)(c1ccc(F)cc1)C(N)c1cc2ccccc2o1. The zero-order valence-electron chi connectivity index (χ0n) is 12.1. The number of furan rings is 1. The number of hydrogen-bond acceptors (Lipinski definition) is 2. The van der Waals surface area contributed by atoms with Crippen molar-refractivity contribution >= 4 is 11.0 Å². The molecule has 0 amide bonds. The second kappa shape index (κ2) is 5.01. The minimum atomic E-state index is -0.360. The lowest BCUT2D eigenvalue weighted by atomic mass is 9.77. The summed E-state index contributed by atoms with van der Waals surface area (Å²) in [6, 6.07) is 16.0. The van der Waals surface area contributed by atoms with Gasteiger partial charge in [-0.15, -0.1) is 0 Å². The first-order chi connectivity index (χ1) is 9.98. The quantitative estimate of drug-likeness (QED) is 0.766. The molecule has 0 aliphatic heterocycles. The summed E-state index contributed by atoms with van der Waals surface area (Å²) in [5.41, 5.74) is 7.87. The van der Waals surface area contributed by atoms with Crippen molar-refractivity contribution in [2.24, 2.45) is 5.73 Å². The van der Waals surface area contributed by atoms with E-state index in [1.54, 1.807) is 12.1 Å². The van der Waals surface area contributed by atoms with E-state index in [9.17, 15) is 4.39 Å². The van der Waals surface area contributed by atoms with Gasteiger partial charge >= 0.3 is 0 Å². The second-order valence-corrected chi connectivity index (χ2v) is 5.89. The van der Waals surface area contributed by atoms with Gasteiger partial charge in [-0.05, 0) is 29.8 Å². The van der Waals surface area contributed by atoms with Crippen LogP contribution in [0, 0.1) is 5.82 Å². The Bertz CT molecular complexity index is 725. The first kappa shape index (κ1) is 13.8. The largest absolute Gasteiger partial charge is 0.459 e. The summed E-state index contributed by atoms with van der Waals surface area (Å²) >= 11 is 0. The average molecular weight is 283 g/mol. The molecular formula is C18H18FNO. The maximum Gasteiger partial charge on any atom is 0.134 e. The van der Waals surface area contributed by atoms with Crippen LogP contribution < -0.4 is 5.73 Å². The maximum atomic E-state index is 13.1. The van der Waals surface area contributed by atoms with Crippen molar-refractivity contribution < 1.29 is 8.81 Å². The lowest BCUT2D eigenvalue weighted by molar-refractivity contribution is 0.362. The molecule has 0 spiro atoms. The van der Waals surface area contributed by atoms with Crippen LogP contribution in [0.3, 0.4) is 0 Å². The summed E-state index contributed by atoms with van der Waals surface area (Å²) in [7, 11) is 0. The van der Waals surface area contributed by atoms with Crippen molar-refractivity contribution in [1.29, 1.82) is 0 Å². The number of hydrogen-bond donors (Lipinski definition) is 1. The first-order valence-corrected chi connectivity index (χ1v) is 6.98. The molecule has 108 valence electrons. The van der Waals surface area contributed by atoms with Gasteiger partial charge in [0.2, 0.25) is 0 Å². The molecule has 1 aromatic heterocycles. The molecule has 2 nitrogen and oxygen atoms in total. The van der Waals surface area contributed by atoms with E-state index in [4.69, 9.17) is 10.2 Å². The molecule has 0 saturated carbocycles. The van der Waals surface area contributed by atoms with E-state index in [1.807, 2.05) is 44.2 Å². The third kappa shape index (κ3) is 2.45. The molecule has 2 N–H and O–H groups in total. The van der Waals surface area contributed by atoms with Gasteiger partial charge < -0.3 is 10.2 Å². The number of halogens is 1. The molecule has 3 aromatic rings. The fraction of sp³-hybridized carbons (Fsp3) is 0.222. The normalized spacial score (nSPS) is 13.5. The van der Waals surface area contributed by atoms with Gasteiger partial charge in [-0.1, -0.05) is 44.2 Å². The molecule has 1 atom stereocenters. The summed E-state index contributed by atoms with van der Waals surface area (Å²) in [5, 5.41) is 1.04. The Hall–Kier alpha value is -2.13. The third-order valence-corrected chi connectivity index (χ3v) is 4.12. The van der Waals surface area contributed by atoms with E-state index in [-0.39, 0.29) is 17.3 Å². The molecule has 0 fully saturated rings. The molecule has 2 aromatic carbocycles. The van der Waals surface area contributed by atoms with Gasteiger partial charge in [-0.3, -0.25) is 0 Å².